The molecule has 2 fully saturated rings. The molecule has 27 heavy (non-hydrogen) atoms. The van der Waals surface area contributed by atoms with Gasteiger partial charge in [0.15, 0.2) is 5.65 Å². The summed E-state index contributed by atoms with van der Waals surface area (Å²) in [5.74, 6) is 0.225. The zero-order chi connectivity index (χ0) is 18.5. The molecule has 1 N–H and O–H groups in total. The number of nitrogens with zero attached hydrogens (tertiary/aromatic N) is 5. The van der Waals surface area contributed by atoms with E-state index in [4.69, 9.17) is 0 Å². The number of piperidine rings is 2. The Balaban J connectivity index is 1.32. The zero-order valence-corrected chi connectivity index (χ0v) is 15.8. The van der Waals surface area contributed by atoms with Crippen LogP contribution in [-0.2, 0) is 4.79 Å². The summed E-state index contributed by atoms with van der Waals surface area (Å²) in [6.07, 6.45) is 11.1. The van der Waals surface area contributed by atoms with Gasteiger partial charge in [0, 0.05) is 38.6 Å². The Kier molecular flexibility index (Phi) is 5.77. The van der Waals surface area contributed by atoms with Crippen molar-refractivity contribution in [1.82, 2.24) is 25.2 Å². The highest BCUT2D eigenvalue weighted by molar-refractivity contribution is 5.80. The molecule has 0 bridgehead atoms. The van der Waals surface area contributed by atoms with E-state index in [1.54, 1.807) is 12.4 Å². The standard InChI is InChI=1S/C20H28N6O/c27-20(23-8-12-25-9-2-1-3-10-25)16-5-4-11-26(15-16)17-13-18-19(24-14-17)22-7-6-21-18/h6-7,13-14,16H,1-5,8-12,15H2,(H,23,27). The van der Waals surface area contributed by atoms with Gasteiger partial charge in [-0.2, -0.15) is 0 Å². The van der Waals surface area contributed by atoms with Crippen LogP contribution >= 0.6 is 0 Å². The minimum absolute atomic E-state index is 0.0395. The highest BCUT2D eigenvalue weighted by atomic mass is 16.1. The quantitative estimate of drug-likeness (QED) is 0.868. The topological polar surface area (TPSA) is 74.2 Å². The number of carbonyl (C=O) groups is 1. The lowest BCUT2D eigenvalue weighted by atomic mass is 9.96. The molecule has 0 saturated carbocycles. The first-order valence-corrected chi connectivity index (χ1v) is 10.1. The van der Waals surface area contributed by atoms with Gasteiger partial charge in [-0.15, -0.1) is 0 Å². The Morgan fingerprint density at radius 1 is 1.07 bits per heavy atom. The third kappa shape index (κ3) is 4.53. The van der Waals surface area contributed by atoms with Crippen molar-refractivity contribution in [2.75, 3.05) is 44.2 Å². The average molecular weight is 368 g/mol. The number of likely N-dealkylation sites (tertiary alicyclic amines) is 1. The first-order valence-electron chi connectivity index (χ1n) is 10.1. The first kappa shape index (κ1) is 18.1. The van der Waals surface area contributed by atoms with E-state index >= 15 is 0 Å². The van der Waals surface area contributed by atoms with Gasteiger partial charge in [0.2, 0.25) is 5.91 Å². The monoisotopic (exact) mass is 368 g/mol. The summed E-state index contributed by atoms with van der Waals surface area (Å²) in [5, 5.41) is 3.16. The summed E-state index contributed by atoms with van der Waals surface area (Å²) in [4.78, 5) is 30.3. The minimum Gasteiger partial charge on any atom is -0.369 e. The lowest BCUT2D eigenvalue weighted by Crippen LogP contribution is -2.45. The normalized spacial score (nSPS) is 21.3. The van der Waals surface area contributed by atoms with Crippen molar-refractivity contribution >= 4 is 22.8 Å². The van der Waals surface area contributed by atoms with E-state index in [1.807, 2.05) is 12.3 Å². The predicted molar refractivity (Wildman–Crippen MR) is 106 cm³/mol. The highest BCUT2D eigenvalue weighted by Gasteiger charge is 2.26. The molecule has 1 amide bonds. The van der Waals surface area contributed by atoms with Gasteiger partial charge in [-0.25, -0.2) is 9.97 Å². The van der Waals surface area contributed by atoms with Crippen LogP contribution in [-0.4, -0.2) is 65.0 Å². The van der Waals surface area contributed by atoms with E-state index in [0.717, 1.165) is 50.2 Å². The molecule has 2 saturated heterocycles. The maximum atomic E-state index is 12.6. The molecule has 0 radical (unpaired) electrons. The predicted octanol–water partition coefficient (Wildman–Crippen LogP) is 1.84. The number of hydrogen-bond donors (Lipinski definition) is 1. The molecular formula is C20H28N6O. The molecule has 0 aliphatic carbocycles. The molecule has 7 heteroatoms. The van der Waals surface area contributed by atoms with Gasteiger partial charge in [-0.1, -0.05) is 6.42 Å². The minimum atomic E-state index is 0.0395. The van der Waals surface area contributed by atoms with Gasteiger partial charge < -0.3 is 15.1 Å². The molecule has 144 valence electrons. The summed E-state index contributed by atoms with van der Waals surface area (Å²) in [5.41, 5.74) is 2.47. The van der Waals surface area contributed by atoms with Gasteiger partial charge in [0.25, 0.3) is 0 Å². The number of anilines is 1. The molecule has 1 unspecified atom stereocenters. The number of amides is 1. The number of hydrogen-bond acceptors (Lipinski definition) is 6. The van der Waals surface area contributed by atoms with Gasteiger partial charge in [0.05, 0.1) is 17.8 Å². The van der Waals surface area contributed by atoms with E-state index in [0.29, 0.717) is 5.65 Å². The summed E-state index contributed by atoms with van der Waals surface area (Å²) < 4.78 is 0. The molecule has 2 aromatic rings. The zero-order valence-electron chi connectivity index (χ0n) is 15.8. The van der Waals surface area contributed by atoms with Crippen LogP contribution in [0.5, 0.6) is 0 Å². The van der Waals surface area contributed by atoms with Crippen molar-refractivity contribution < 1.29 is 4.79 Å². The third-order valence-electron chi connectivity index (χ3n) is 5.64. The lowest BCUT2D eigenvalue weighted by Gasteiger charge is -2.33. The molecule has 2 aliphatic heterocycles. The van der Waals surface area contributed by atoms with Crippen molar-refractivity contribution in [3.05, 3.63) is 24.7 Å². The molecule has 7 nitrogen and oxygen atoms in total. The van der Waals surface area contributed by atoms with Gasteiger partial charge >= 0.3 is 0 Å². The second-order valence-electron chi connectivity index (χ2n) is 7.57. The molecule has 4 heterocycles. The summed E-state index contributed by atoms with van der Waals surface area (Å²) in [6, 6.07) is 2.02. The van der Waals surface area contributed by atoms with Gasteiger partial charge in [-0.05, 0) is 44.8 Å². The molecular weight excluding hydrogens is 340 g/mol. The van der Waals surface area contributed by atoms with Crippen molar-refractivity contribution in [3.8, 4) is 0 Å². The fourth-order valence-corrected chi connectivity index (χ4v) is 4.11. The number of aromatic nitrogens is 3. The van der Waals surface area contributed by atoms with Crippen LogP contribution in [0.3, 0.4) is 0 Å². The fraction of sp³-hybridized carbons (Fsp3) is 0.600. The van der Waals surface area contributed by atoms with Crippen LogP contribution in [0.4, 0.5) is 5.69 Å². The molecule has 0 spiro atoms. The van der Waals surface area contributed by atoms with Gasteiger partial charge in [-0.3, -0.25) is 9.78 Å². The van der Waals surface area contributed by atoms with E-state index in [1.165, 1.54) is 32.4 Å². The lowest BCUT2D eigenvalue weighted by molar-refractivity contribution is -0.125. The summed E-state index contributed by atoms with van der Waals surface area (Å²) in [6.45, 7) is 5.75. The number of nitrogens with one attached hydrogen (secondary N) is 1. The Hall–Kier alpha value is -2.28. The molecule has 4 rings (SSSR count). The van der Waals surface area contributed by atoms with E-state index < -0.39 is 0 Å². The molecule has 2 aliphatic rings. The largest absolute Gasteiger partial charge is 0.369 e. The van der Waals surface area contributed by atoms with Crippen molar-refractivity contribution in [1.29, 1.82) is 0 Å². The van der Waals surface area contributed by atoms with Crippen LogP contribution < -0.4 is 10.2 Å². The maximum Gasteiger partial charge on any atom is 0.224 e. The second kappa shape index (κ2) is 8.61. The maximum absolute atomic E-state index is 12.6. The number of fused-ring (bicyclic) bond motifs is 1. The summed E-state index contributed by atoms with van der Waals surface area (Å²) in [7, 11) is 0. The second-order valence-corrected chi connectivity index (χ2v) is 7.57. The highest BCUT2D eigenvalue weighted by Crippen LogP contribution is 2.24. The Labute approximate surface area is 160 Å². The van der Waals surface area contributed by atoms with Crippen molar-refractivity contribution in [2.45, 2.75) is 32.1 Å². The fourth-order valence-electron chi connectivity index (χ4n) is 4.11. The van der Waals surface area contributed by atoms with E-state index in [9.17, 15) is 4.79 Å². The summed E-state index contributed by atoms with van der Waals surface area (Å²) >= 11 is 0. The SMILES string of the molecule is O=C(NCCN1CCCCC1)C1CCCN(c2cnc3nccnc3c2)C1. The van der Waals surface area contributed by atoms with Crippen molar-refractivity contribution in [3.63, 3.8) is 0 Å². The molecule has 1 atom stereocenters. The smallest absolute Gasteiger partial charge is 0.224 e. The Bertz CT molecular complexity index is 776. The Morgan fingerprint density at radius 3 is 2.81 bits per heavy atom. The average Bonchev–Trinajstić information content (AvgIpc) is 2.74. The van der Waals surface area contributed by atoms with Crippen molar-refractivity contribution in [2.24, 2.45) is 5.92 Å². The molecule has 0 aromatic carbocycles. The third-order valence-corrected chi connectivity index (χ3v) is 5.64. The number of rotatable bonds is 5. The van der Waals surface area contributed by atoms with E-state index in [-0.39, 0.29) is 11.8 Å². The van der Waals surface area contributed by atoms with Gasteiger partial charge in [0.1, 0.15) is 5.52 Å². The number of carbonyl (C=O) groups excluding carboxylic acids is 1. The van der Waals surface area contributed by atoms with Crippen LogP contribution in [0.15, 0.2) is 24.7 Å². The van der Waals surface area contributed by atoms with Crippen LogP contribution in [0.1, 0.15) is 32.1 Å². The number of pyridine rings is 1. The first-order chi connectivity index (χ1) is 13.3. The van der Waals surface area contributed by atoms with Crippen LogP contribution in [0.25, 0.3) is 11.2 Å². The van der Waals surface area contributed by atoms with Crippen LogP contribution in [0.2, 0.25) is 0 Å². The Morgan fingerprint density at radius 2 is 1.93 bits per heavy atom. The van der Waals surface area contributed by atoms with Crippen LogP contribution in [0, 0.1) is 5.92 Å². The molecule has 2 aromatic heterocycles. The van der Waals surface area contributed by atoms with E-state index in [2.05, 4.69) is 30.1 Å².